The van der Waals surface area contributed by atoms with Crippen LogP contribution < -0.4 is 10.2 Å². The lowest BCUT2D eigenvalue weighted by molar-refractivity contribution is -0.630. The highest BCUT2D eigenvalue weighted by atomic mass is 16.3. The Morgan fingerprint density at radius 2 is 2.38 bits per heavy atom. The van der Waals surface area contributed by atoms with Gasteiger partial charge in [0.25, 0.3) is 4.66 Å². The first-order valence-corrected chi connectivity index (χ1v) is 1.99. The van der Waals surface area contributed by atoms with Crippen LogP contribution in [-0.2, 0) is 0 Å². The molecule has 0 aliphatic carbocycles. The minimum atomic E-state index is -0.418. The molecule has 0 saturated carbocycles. The average molecular weight is 114 g/mol. The van der Waals surface area contributed by atoms with Crippen LogP contribution in [0.2, 0.25) is 0 Å². The van der Waals surface area contributed by atoms with Gasteiger partial charge in [-0.25, -0.2) is 0 Å². The van der Waals surface area contributed by atoms with Gasteiger partial charge in [-0.3, -0.25) is 4.79 Å². The highest BCUT2D eigenvalue weighted by Crippen LogP contribution is 1.49. The number of H-pyrrole nitrogens is 2. The minimum absolute atomic E-state index is 0.225. The van der Waals surface area contributed by atoms with Crippen molar-refractivity contribution in [2.24, 2.45) is 0 Å². The number of hydrogen-bond donors (Lipinski definition) is 2. The van der Waals surface area contributed by atoms with Crippen molar-refractivity contribution in [1.29, 1.82) is 0 Å². The summed E-state index contributed by atoms with van der Waals surface area (Å²) < 4.78 is 0.225. The van der Waals surface area contributed by atoms with Crippen LogP contribution in [-0.4, -0.2) is 10.2 Å². The van der Waals surface area contributed by atoms with Crippen molar-refractivity contribution in [3.05, 3.63) is 27.5 Å². The Morgan fingerprint density at radius 1 is 1.62 bits per heavy atom. The van der Waals surface area contributed by atoms with Crippen molar-refractivity contribution in [1.82, 2.24) is 10.2 Å². The van der Waals surface area contributed by atoms with E-state index in [4.69, 9.17) is 0 Å². The van der Waals surface area contributed by atoms with E-state index in [9.17, 15) is 9.70 Å². The van der Waals surface area contributed by atoms with Gasteiger partial charge in [-0.2, -0.15) is 0 Å². The van der Waals surface area contributed by atoms with Gasteiger partial charge in [-0.15, -0.1) is 0 Å². The van der Waals surface area contributed by atoms with Gasteiger partial charge >= 0.3 is 5.56 Å². The van der Waals surface area contributed by atoms with E-state index in [1.807, 2.05) is 5.10 Å². The zero-order valence-electron chi connectivity index (χ0n) is 3.92. The Balaban J connectivity index is 3.50. The Hall–Kier alpha value is -1.39. The maximum atomic E-state index is 10.2. The number of rotatable bonds is 0. The fourth-order valence-electron chi connectivity index (χ4n) is 0.350. The van der Waals surface area contributed by atoms with E-state index in [2.05, 4.69) is 5.10 Å². The monoisotopic (exact) mass is 114 g/mol. The van der Waals surface area contributed by atoms with Crippen molar-refractivity contribution in [2.75, 3.05) is 0 Å². The van der Waals surface area contributed by atoms with Crippen molar-refractivity contribution in [3.63, 3.8) is 0 Å². The van der Waals surface area contributed by atoms with Gasteiger partial charge in [0.15, 0.2) is 0 Å². The van der Waals surface area contributed by atoms with Crippen LogP contribution >= 0.6 is 0 Å². The molecular weight excluding hydrogens is 110 g/mol. The van der Waals surface area contributed by atoms with E-state index in [0.717, 1.165) is 0 Å². The maximum Gasteiger partial charge on any atom is 0.307 e. The summed E-state index contributed by atoms with van der Waals surface area (Å²) in [4.78, 5) is 20.3. The van der Waals surface area contributed by atoms with Gasteiger partial charge in [-0.1, -0.05) is 5.10 Å². The first-order valence-electron chi connectivity index (χ1n) is 1.99. The van der Waals surface area contributed by atoms with Crippen LogP contribution in [0.25, 0.3) is 0 Å². The fraction of sp³-hybridized carbons (Fsp3) is 0. The van der Waals surface area contributed by atoms with E-state index in [1.165, 1.54) is 12.3 Å². The van der Waals surface area contributed by atoms with Crippen LogP contribution in [0.3, 0.4) is 0 Å². The van der Waals surface area contributed by atoms with E-state index in [1.54, 1.807) is 0 Å². The summed E-state index contributed by atoms with van der Waals surface area (Å²) in [7, 11) is 0. The van der Waals surface area contributed by atoms with Crippen molar-refractivity contribution < 1.29 is 4.66 Å². The van der Waals surface area contributed by atoms with Gasteiger partial charge in [0.1, 0.15) is 0 Å². The molecule has 0 fully saturated rings. The number of nitrogens with zero attached hydrogens (tertiary/aromatic N) is 1. The molecule has 0 aliphatic heterocycles. The summed E-state index contributed by atoms with van der Waals surface area (Å²) in [5.74, 6) is 0. The number of aromatic amines is 2. The molecule has 0 spiro atoms. The van der Waals surface area contributed by atoms with Crippen LogP contribution in [0.15, 0.2) is 17.1 Å². The molecule has 0 radical (unpaired) electrons. The predicted octanol–water partition coefficient (Wildman–Crippen LogP) is -1.38. The molecule has 2 N–H and O–H groups in total. The van der Waals surface area contributed by atoms with Crippen molar-refractivity contribution in [2.45, 2.75) is 0 Å². The summed E-state index contributed by atoms with van der Waals surface area (Å²) >= 11 is 0. The standard InChI is InChI=1S/C3H3N3O2/c7-3-1-2-4-6(8)5-3/h1-2H,(H-,4,5,7,8)/p+1. The molecule has 0 amide bonds. The largest absolute Gasteiger partial charge is 0.307 e. The van der Waals surface area contributed by atoms with Crippen LogP contribution in [0, 0.1) is 4.91 Å². The second-order valence-electron chi connectivity index (χ2n) is 1.23. The zero-order valence-corrected chi connectivity index (χ0v) is 3.92. The van der Waals surface area contributed by atoms with Crippen molar-refractivity contribution >= 4 is 0 Å². The maximum absolute atomic E-state index is 10.2. The topological polar surface area (TPSA) is 71.6 Å². The average Bonchev–Trinajstić information content (AvgIpc) is 1.64. The molecule has 0 saturated heterocycles. The third kappa shape index (κ3) is 0.810. The van der Waals surface area contributed by atoms with Crippen LogP contribution in [0.5, 0.6) is 0 Å². The molecule has 0 atom stereocenters. The molecule has 0 unspecified atom stereocenters. The lowest BCUT2D eigenvalue weighted by Gasteiger charge is -1.65. The zero-order chi connectivity index (χ0) is 5.98. The lowest BCUT2D eigenvalue weighted by Crippen LogP contribution is -2.30. The molecule has 5 nitrogen and oxygen atoms in total. The Labute approximate surface area is 43.5 Å². The Morgan fingerprint density at radius 3 is 2.75 bits per heavy atom. The molecule has 0 bridgehead atoms. The first-order chi connectivity index (χ1) is 3.79. The summed E-state index contributed by atoms with van der Waals surface area (Å²) in [5, 5.41) is 4.10. The van der Waals surface area contributed by atoms with E-state index in [0.29, 0.717) is 0 Å². The molecule has 42 valence electrons. The quantitative estimate of drug-likeness (QED) is 0.408. The minimum Gasteiger partial charge on any atom is -0.264 e. The molecule has 1 heterocycles. The van der Waals surface area contributed by atoms with Crippen LogP contribution in [0.1, 0.15) is 0 Å². The Kier molecular flexibility index (Phi) is 0.957. The Bertz CT molecular complexity index is 247. The molecule has 1 rings (SSSR count). The van der Waals surface area contributed by atoms with Gasteiger partial charge in [0, 0.05) is 6.07 Å². The highest BCUT2D eigenvalue weighted by Gasteiger charge is 1.85. The third-order valence-electron chi connectivity index (χ3n) is 0.638. The second kappa shape index (κ2) is 1.61. The number of nitrogens with one attached hydrogen (secondary N) is 2. The summed E-state index contributed by atoms with van der Waals surface area (Å²) in [6.07, 6.45) is 1.26. The number of aromatic nitrogens is 3. The fourth-order valence-corrected chi connectivity index (χ4v) is 0.350. The second-order valence-corrected chi connectivity index (χ2v) is 1.23. The third-order valence-corrected chi connectivity index (χ3v) is 0.638. The molecule has 1 aromatic rings. The van der Waals surface area contributed by atoms with Gasteiger partial charge in [-0.05, 0) is 5.10 Å². The smallest absolute Gasteiger partial charge is 0.264 e. The summed E-state index contributed by atoms with van der Waals surface area (Å²) in [6.45, 7) is 0. The molecule has 0 aromatic carbocycles. The van der Waals surface area contributed by atoms with Gasteiger partial charge in [0.2, 0.25) is 0 Å². The lowest BCUT2D eigenvalue weighted by atomic mass is 10.7. The van der Waals surface area contributed by atoms with E-state index in [-0.39, 0.29) is 4.66 Å². The predicted molar refractivity (Wildman–Crippen MR) is 24.8 cm³/mol. The molecule has 0 aliphatic rings. The van der Waals surface area contributed by atoms with Crippen molar-refractivity contribution in [3.8, 4) is 0 Å². The van der Waals surface area contributed by atoms with Gasteiger partial charge in [0.05, 0.1) is 11.1 Å². The molecule has 5 heteroatoms. The summed E-state index contributed by atoms with van der Waals surface area (Å²) in [5.41, 5.74) is -0.418. The normalized spacial score (nSPS) is 9.00. The molecule has 8 heavy (non-hydrogen) atoms. The highest BCUT2D eigenvalue weighted by molar-refractivity contribution is 4.70. The molecular formula is C3H4N3O2+. The SMILES string of the molecule is O=c1cc[nH][n+](=O)[nH]1. The van der Waals surface area contributed by atoms with E-state index >= 15 is 0 Å². The van der Waals surface area contributed by atoms with Gasteiger partial charge < -0.3 is 0 Å². The summed E-state index contributed by atoms with van der Waals surface area (Å²) in [6, 6.07) is 1.22. The van der Waals surface area contributed by atoms with Crippen LogP contribution in [0.4, 0.5) is 0 Å². The number of hydrogen-bond acceptors (Lipinski definition) is 2. The van der Waals surface area contributed by atoms with E-state index < -0.39 is 5.56 Å². The first kappa shape index (κ1) is 4.76. The molecule has 1 aromatic heterocycles.